The monoisotopic (exact) mass is 429 g/mol. The Balaban J connectivity index is 1.46. The Morgan fingerprint density at radius 1 is 1.10 bits per heavy atom. The summed E-state index contributed by atoms with van der Waals surface area (Å²) >= 11 is 1.47. The summed E-state index contributed by atoms with van der Waals surface area (Å²) in [6.45, 7) is 1.92. The van der Waals surface area contributed by atoms with E-state index in [1.54, 1.807) is 0 Å². The van der Waals surface area contributed by atoms with Gasteiger partial charge < -0.3 is 5.32 Å². The molecule has 0 bridgehead atoms. The highest BCUT2D eigenvalue weighted by atomic mass is 32.1. The summed E-state index contributed by atoms with van der Waals surface area (Å²) < 4.78 is 1.39. The topological polar surface area (TPSA) is 64.0 Å². The van der Waals surface area contributed by atoms with Crippen LogP contribution in [0.2, 0.25) is 0 Å². The molecule has 5 nitrogen and oxygen atoms in total. The second-order valence-electron chi connectivity index (χ2n) is 8.11. The van der Waals surface area contributed by atoms with E-state index in [9.17, 15) is 9.59 Å². The fourth-order valence-corrected chi connectivity index (χ4v) is 5.09. The summed E-state index contributed by atoms with van der Waals surface area (Å²) in [7, 11) is 0. The van der Waals surface area contributed by atoms with Crippen LogP contribution in [0.25, 0.3) is 21.3 Å². The quantitative estimate of drug-likeness (QED) is 0.499. The van der Waals surface area contributed by atoms with Gasteiger partial charge in [-0.05, 0) is 61.4 Å². The number of amides is 1. The molecule has 2 aromatic carbocycles. The lowest BCUT2D eigenvalue weighted by molar-refractivity contribution is -0.116. The van der Waals surface area contributed by atoms with Crippen LogP contribution in [-0.2, 0) is 24.2 Å². The van der Waals surface area contributed by atoms with Crippen molar-refractivity contribution in [1.82, 2.24) is 9.55 Å². The second-order valence-corrected chi connectivity index (χ2v) is 8.97. The van der Waals surface area contributed by atoms with Crippen molar-refractivity contribution < 1.29 is 4.79 Å². The first-order valence-corrected chi connectivity index (χ1v) is 11.4. The molecule has 4 aromatic rings. The summed E-state index contributed by atoms with van der Waals surface area (Å²) in [5.74, 6) is -0.252. The second kappa shape index (κ2) is 8.12. The molecular formula is C25H23N3O2S. The molecule has 1 aliphatic carbocycles. The number of anilines is 1. The van der Waals surface area contributed by atoms with E-state index in [2.05, 4.69) is 28.5 Å². The highest BCUT2D eigenvalue weighted by molar-refractivity contribution is 7.17. The zero-order valence-corrected chi connectivity index (χ0v) is 18.2. The average Bonchev–Trinajstić information content (AvgIpc) is 3.22. The molecule has 0 saturated heterocycles. The van der Waals surface area contributed by atoms with Gasteiger partial charge in [-0.1, -0.05) is 35.9 Å². The van der Waals surface area contributed by atoms with Gasteiger partial charge in [-0.2, -0.15) is 0 Å². The Morgan fingerprint density at radius 2 is 1.87 bits per heavy atom. The van der Waals surface area contributed by atoms with Gasteiger partial charge in [0, 0.05) is 16.6 Å². The third-order valence-electron chi connectivity index (χ3n) is 5.87. The molecule has 0 radical (unpaired) electrons. The predicted octanol–water partition coefficient (Wildman–Crippen LogP) is 4.95. The van der Waals surface area contributed by atoms with Crippen LogP contribution in [-0.4, -0.2) is 15.5 Å². The van der Waals surface area contributed by atoms with Crippen LogP contribution in [0.3, 0.4) is 0 Å². The minimum Gasteiger partial charge on any atom is -0.325 e. The van der Waals surface area contributed by atoms with Gasteiger partial charge in [0.05, 0.1) is 11.7 Å². The minimum absolute atomic E-state index is 0.0743. The van der Waals surface area contributed by atoms with Crippen LogP contribution in [0.1, 0.15) is 29.5 Å². The van der Waals surface area contributed by atoms with Gasteiger partial charge in [-0.15, -0.1) is 11.3 Å². The van der Waals surface area contributed by atoms with Gasteiger partial charge >= 0.3 is 0 Å². The van der Waals surface area contributed by atoms with Crippen LogP contribution in [0, 0.1) is 6.92 Å². The van der Waals surface area contributed by atoms with Gasteiger partial charge in [0.1, 0.15) is 11.4 Å². The van der Waals surface area contributed by atoms with Crippen LogP contribution in [0.5, 0.6) is 0 Å². The van der Waals surface area contributed by atoms with E-state index < -0.39 is 0 Å². The molecule has 2 heterocycles. The molecule has 0 fully saturated rings. The lowest BCUT2D eigenvalue weighted by Gasteiger charge is -2.16. The lowest BCUT2D eigenvalue weighted by atomic mass is 9.89. The molecular weight excluding hydrogens is 406 g/mol. The molecule has 1 N–H and O–H groups in total. The van der Waals surface area contributed by atoms with Crippen molar-refractivity contribution in [3.05, 3.63) is 81.2 Å². The summed E-state index contributed by atoms with van der Waals surface area (Å²) in [5, 5.41) is 5.43. The number of carbonyl (C=O) groups is 1. The van der Waals surface area contributed by atoms with Crippen LogP contribution < -0.4 is 10.9 Å². The van der Waals surface area contributed by atoms with Crippen molar-refractivity contribution in [2.75, 3.05) is 5.32 Å². The third kappa shape index (κ3) is 3.91. The highest BCUT2D eigenvalue weighted by Crippen LogP contribution is 2.33. The van der Waals surface area contributed by atoms with Crippen molar-refractivity contribution in [3.8, 4) is 11.1 Å². The number of hydrogen-bond donors (Lipinski definition) is 1. The molecule has 31 heavy (non-hydrogen) atoms. The third-order valence-corrected chi connectivity index (χ3v) is 6.76. The van der Waals surface area contributed by atoms with Crippen LogP contribution in [0.4, 0.5) is 5.69 Å². The maximum absolute atomic E-state index is 13.3. The van der Waals surface area contributed by atoms with Crippen LogP contribution in [0.15, 0.2) is 59.0 Å². The van der Waals surface area contributed by atoms with E-state index in [0.717, 1.165) is 29.5 Å². The SMILES string of the molecule is Cc1ccc(NC(=O)Cn2cnc3scc(-c4ccc5c(c4)CCCC5)c3c2=O)cc1. The maximum Gasteiger partial charge on any atom is 0.263 e. The normalized spacial score (nSPS) is 13.2. The zero-order chi connectivity index (χ0) is 21.4. The van der Waals surface area contributed by atoms with Crippen molar-refractivity contribution in [2.24, 2.45) is 0 Å². The van der Waals surface area contributed by atoms with E-state index in [-0.39, 0.29) is 18.0 Å². The Morgan fingerprint density at radius 3 is 2.68 bits per heavy atom. The van der Waals surface area contributed by atoms with Crippen molar-refractivity contribution in [3.63, 3.8) is 0 Å². The zero-order valence-electron chi connectivity index (χ0n) is 17.4. The summed E-state index contributed by atoms with van der Waals surface area (Å²) in [4.78, 5) is 30.9. The molecule has 156 valence electrons. The Bertz CT molecular complexity index is 1340. The molecule has 0 aliphatic heterocycles. The number of thiophene rings is 1. The van der Waals surface area contributed by atoms with Crippen molar-refractivity contribution >= 4 is 33.1 Å². The first-order chi connectivity index (χ1) is 15.1. The summed E-state index contributed by atoms with van der Waals surface area (Å²) in [5.41, 5.74) is 6.39. The molecule has 0 unspecified atom stereocenters. The van der Waals surface area contributed by atoms with Gasteiger partial charge in [0.25, 0.3) is 5.56 Å². The first-order valence-electron chi connectivity index (χ1n) is 10.5. The number of hydrogen-bond acceptors (Lipinski definition) is 4. The van der Waals surface area contributed by atoms with E-state index in [1.807, 2.05) is 36.6 Å². The smallest absolute Gasteiger partial charge is 0.263 e. The molecule has 0 atom stereocenters. The van der Waals surface area contributed by atoms with Crippen LogP contribution >= 0.6 is 11.3 Å². The number of nitrogens with zero attached hydrogens (tertiary/aromatic N) is 2. The average molecular weight is 430 g/mol. The van der Waals surface area contributed by atoms with E-state index >= 15 is 0 Å². The summed E-state index contributed by atoms with van der Waals surface area (Å²) in [6.07, 6.45) is 6.14. The highest BCUT2D eigenvalue weighted by Gasteiger charge is 2.17. The fraction of sp³-hybridized carbons (Fsp3) is 0.240. The molecule has 6 heteroatoms. The van der Waals surface area contributed by atoms with Crippen molar-refractivity contribution in [1.29, 1.82) is 0 Å². The van der Waals surface area contributed by atoms with Crippen molar-refractivity contribution in [2.45, 2.75) is 39.2 Å². The number of nitrogens with one attached hydrogen (secondary N) is 1. The number of carbonyl (C=O) groups excluding carboxylic acids is 1. The Labute approximate surface area is 184 Å². The maximum atomic E-state index is 13.3. The van der Waals surface area contributed by atoms with E-state index in [4.69, 9.17) is 0 Å². The molecule has 1 aliphatic rings. The van der Waals surface area contributed by atoms with Gasteiger partial charge in [-0.3, -0.25) is 14.2 Å². The summed E-state index contributed by atoms with van der Waals surface area (Å²) in [6, 6.07) is 14.1. The van der Waals surface area contributed by atoms with Gasteiger partial charge in [0.2, 0.25) is 5.91 Å². The van der Waals surface area contributed by atoms with E-state index in [0.29, 0.717) is 15.9 Å². The lowest BCUT2D eigenvalue weighted by Crippen LogP contribution is -2.27. The molecule has 0 saturated carbocycles. The van der Waals surface area contributed by atoms with Gasteiger partial charge in [0.15, 0.2) is 0 Å². The van der Waals surface area contributed by atoms with Gasteiger partial charge in [-0.25, -0.2) is 4.98 Å². The number of benzene rings is 2. The number of aromatic nitrogens is 2. The molecule has 2 aromatic heterocycles. The standard InChI is InChI=1S/C25H23N3O2S/c1-16-6-10-20(11-7-16)27-22(29)13-28-15-26-24-23(25(28)30)21(14-31-24)19-9-8-17-4-2-3-5-18(17)12-19/h6-12,14-15H,2-5,13H2,1H3,(H,27,29). The largest absolute Gasteiger partial charge is 0.325 e. The minimum atomic E-state index is -0.252. The molecule has 1 amide bonds. The number of fused-ring (bicyclic) bond motifs is 2. The molecule has 5 rings (SSSR count). The molecule has 0 spiro atoms. The Kier molecular flexibility index (Phi) is 5.16. The number of rotatable bonds is 4. The fourth-order valence-electron chi connectivity index (χ4n) is 4.19. The number of aryl methyl sites for hydroxylation is 3. The Hall–Kier alpha value is -3.25. The predicted molar refractivity (Wildman–Crippen MR) is 126 cm³/mol. The van der Waals surface area contributed by atoms with E-state index in [1.165, 1.54) is 46.2 Å². The first kappa shape index (κ1) is 19.7.